The first-order valence-corrected chi connectivity index (χ1v) is 8.98. The van der Waals surface area contributed by atoms with Gasteiger partial charge in [0.05, 0.1) is 0 Å². The maximum Gasteiger partial charge on any atom is 0.0471 e. The maximum atomic E-state index is 8.73. The molecular formula is C18H32O2. The molecule has 4 bridgehead atoms. The molecule has 0 heterocycles. The maximum absolute atomic E-state index is 8.73. The Hall–Kier alpha value is -0.0800. The van der Waals surface area contributed by atoms with Crippen LogP contribution in [-0.4, -0.2) is 24.9 Å². The van der Waals surface area contributed by atoms with Gasteiger partial charge in [0, 0.05) is 19.8 Å². The van der Waals surface area contributed by atoms with Gasteiger partial charge in [-0.1, -0.05) is 12.8 Å². The summed E-state index contributed by atoms with van der Waals surface area (Å²) in [6.45, 7) is 2.26. The lowest BCUT2D eigenvalue weighted by Gasteiger charge is -2.57. The van der Waals surface area contributed by atoms with Gasteiger partial charge in [-0.05, 0) is 81.0 Å². The van der Waals surface area contributed by atoms with E-state index < -0.39 is 0 Å². The second-order valence-electron chi connectivity index (χ2n) is 7.92. The Morgan fingerprint density at radius 3 is 2.00 bits per heavy atom. The lowest BCUT2D eigenvalue weighted by Crippen LogP contribution is -2.46. The molecule has 4 aliphatic rings. The van der Waals surface area contributed by atoms with Crippen LogP contribution in [0, 0.1) is 23.2 Å². The van der Waals surface area contributed by atoms with Crippen molar-refractivity contribution in [3.8, 4) is 0 Å². The highest BCUT2D eigenvalue weighted by Gasteiger charge is 2.50. The molecule has 4 saturated carbocycles. The van der Waals surface area contributed by atoms with Gasteiger partial charge >= 0.3 is 0 Å². The predicted molar refractivity (Wildman–Crippen MR) is 81.6 cm³/mol. The van der Waals surface area contributed by atoms with Crippen molar-refractivity contribution in [3.63, 3.8) is 0 Å². The Balaban J connectivity index is 1.31. The summed E-state index contributed by atoms with van der Waals surface area (Å²) in [6, 6.07) is 0. The van der Waals surface area contributed by atoms with Gasteiger partial charge in [0.1, 0.15) is 0 Å². The first-order valence-electron chi connectivity index (χ1n) is 8.98. The molecule has 0 aromatic carbocycles. The molecule has 116 valence electrons. The normalized spacial score (nSPS) is 38.5. The SMILES string of the molecule is OCCCCCCOCCC12CC3CC(CC(C3)C1)C2. The van der Waals surface area contributed by atoms with E-state index in [-0.39, 0.29) is 0 Å². The van der Waals surface area contributed by atoms with Crippen molar-refractivity contribution in [2.24, 2.45) is 23.2 Å². The third-order valence-corrected chi connectivity index (χ3v) is 6.14. The van der Waals surface area contributed by atoms with Crippen molar-refractivity contribution in [1.29, 1.82) is 0 Å². The van der Waals surface area contributed by atoms with Crippen LogP contribution in [0.1, 0.15) is 70.6 Å². The molecule has 0 unspecified atom stereocenters. The van der Waals surface area contributed by atoms with Crippen LogP contribution in [0.5, 0.6) is 0 Å². The number of rotatable bonds is 9. The van der Waals surface area contributed by atoms with Crippen molar-refractivity contribution in [1.82, 2.24) is 0 Å². The van der Waals surface area contributed by atoms with Crippen LogP contribution in [0.4, 0.5) is 0 Å². The molecule has 2 nitrogen and oxygen atoms in total. The largest absolute Gasteiger partial charge is 0.396 e. The van der Waals surface area contributed by atoms with Crippen molar-refractivity contribution in [3.05, 3.63) is 0 Å². The molecule has 1 N–H and O–H groups in total. The average molecular weight is 280 g/mol. The summed E-state index contributed by atoms with van der Waals surface area (Å²) in [5, 5.41) is 8.73. The third-order valence-electron chi connectivity index (χ3n) is 6.14. The highest BCUT2D eigenvalue weighted by Crippen LogP contribution is 2.61. The Labute approximate surface area is 124 Å². The van der Waals surface area contributed by atoms with E-state index in [1.807, 2.05) is 0 Å². The molecule has 0 amide bonds. The molecule has 0 radical (unpaired) electrons. The van der Waals surface area contributed by atoms with Crippen molar-refractivity contribution in [2.75, 3.05) is 19.8 Å². The molecule has 4 aliphatic carbocycles. The van der Waals surface area contributed by atoms with E-state index in [0.29, 0.717) is 12.0 Å². The fourth-order valence-corrected chi connectivity index (χ4v) is 5.66. The Kier molecular flexibility index (Phi) is 5.04. The second kappa shape index (κ2) is 6.79. The monoisotopic (exact) mass is 280 g/mol. The third kappa shape index (κ3) is 3.57. The summed E-state index contributed by atoms with van der Waals surface area (Å²) in [6.07, 6.45) is 15.0. The molecule has 0 spiro atoms. The zero-order chi connectivity index (χ0) is 13.8. The summed E-state index contributed by atoms with van der Waals surface area (Å²) in [5.74, 6) is 3.21. The zero-order valence-corrected chi connectivity index (χ0v) is 13.0. The number of unbranched alkanes of at least 4 members (excludes halogenated alkanes) is 3. The lowest BCUT2D eigenvalue weighted by molar-refractivity contribution is -0.0690. The fourth-order valence-electron chi connectivity index (χ4n) is 5.66. The van der Waals surface area contributed by atoms with Gasteiger partial charge in [-0.15, -0.1) is 0 Å². The summed E-state index contributed by atoms with van der Waals surface area (Å²) >= 11 is 0. The molecule has 0 atom stereocenters. The van der Waals surface area contributed by atoms with Crippen LogP contribution < -0.4 is 0 Å². The fraction of sp³-hybridized carbons (Fsp3) is 1.00. The summed E-state index contributed by atoms with van der Waals surface area (Å²) in [7, 11) is 0. The molecular weight excluding hydrogens is 248 g/mol. The van der Waals surface area contributed by atoms with Crippen LogP contribution in [-0.2, 0) is 4.74 Å². The molecule has 0 aliphatic heterocycles. The van der Waals surface area contributed by atoms with Crippen LogP contribution in [0.25, 0.3) is 0 Å². The van der Waals surface area contributed by atoms with E-state index >= 15 is 0 Å². The molecule has 0 aromatic rings. The van der Waals surface area contributed by atoms with Crippen LogP contribution >= 0.6 is 0 Å². The predicted octanol–water partition coefficient (Wildman–Crippen LogP) is 4.16. The van der Waals surface area contributed by atoms with Gasteiger partial charge in [-0.3, -0.25) is 0 Å². The van der Waals surface area contributed by atoms with E-state index in [1.165, 1.54) is 38.5 Å². The Morgan fingerprint density at radius 1 is 0.800 bits per heavy atom. The van der Waals surface area contributed by atoms with E-state index in [0.717, 1.165) is 43.8 Å². The minimum absolute atomic E-state index is 0.340. The van der Waals surface area contributed by atoms with Gasteiger partial charge in [-0.2, -0.15) is 0 Å². The Bertz CT molecular complexity index is 265. The molecule has 4 fully saturated rings. The standard InChI is InChI=1S/C18H32O2/c19-6-3-1-2-4-7-20-8-5-18-12-15-9-16(13-18)11-17(10-15)14-18/h15-17,19H,1-14H2. The minimum atomic E-state index is 0.340. The number of ether oxygens (including phenoxy) is 1. The lowest BCUT2D eigenvalue weighted by atomic mass is 9.49. The van der Waals surface area contributed by atoms with Gasteiger partial charge in [-0.25, -0.2) is 0 Å². The number of hydrogen-bond acceptors (Lipinski definition) is 2. The molecule has 2 heteroatoms. The highest BCUT2D eigenvalue weighted by molar-refractivity contribution is 5.01. The smallest absolute Gasteiger partial charge is 0.0471 e. The molecule has 0 aromatic heterocycles. The molecule has 0 saturated heterocycles. The average Bonchev–Trinajstić information content (AvgIpc) is 2.40. The number of hydrogen-bond donors (Lipinski definition) is 1. The van der Waals surface area contributed by atoms with E-state index in [2.05, 4.69) is 0 Å². The topological polar surface area (TPSA) is 29.5 Å². The molecule has 4 rings (SSSR count). The van der Waals surface area contributed by atoms with Gasteiger partial charge in [0.25, 0.3) is 0 Å². The second-order valence-corrected chi connectivity index (χ2v) is 7.92. The van der Waals surface area contributed by atoms with Gasteiger partial charge in [0.2, 0.25) is 0 Å². The summed E-state index contributed by atoms with van der Waals surface area (Å²) in [5.41, 5.74) is 0.686. The van der Waals surface area contributed by atoms with Crippen molar-refractivity contribution < 1.29 is 9.84 Å². The highest BCUT2D eigenvalue weighted by atomic mass is 16.5. The summed E-state index contributed by atoms with van der Waals surface area (Å²) in [4.78, 5) is 0. The summed E-state index contributed by atoms with van der Waals surface area (Å²) < 4.78 is 5.89. The molecule has 20 heavy (non-hydrogen) atoms. The first-order chi connectivity index (χ1) is 9.80. The Morgan fingerprint density at radius 2 is 1.40 bits per heavy atom. The number of aliphatic hydroxyl groups excluding tert-OH is 1. The van der Waals surface area contributed by atoms with Crippen LogP contribution in [0.2, 0.25) is 0 Å². The quantitative estimate of drug-likeness (QED) is 0.643. The minimum Gasteiger partial charge on any atom is -0.396 e. The zero-order valence-electron chi connectivity index (χ0n) is 13.0. The van der Waals surface area contributed by atoms with E-state index in [4.69, 9.17) is 9.84 Å². The van der Waals surface area contributed by atoms with Gasteiger partial charge < -0.3 is 9.84 Å². The van der Waals surface area contributed by atoms with Crippen LogP contribution in [0.3, 0.4) is 0 Å². The van der Waals surface area contributed by atoms with E-state index in [9.17, 15) is 0 Å². The van der Waals surface area contributed by atoms with Crippen molar-refractivity contribution >= 4 is 0 Å². The number of aliphatic hydroxyl groups is 1. The van der Waals surface area contributed by atoms with Gasteiger partial charge in [0.15, 0.2) is 0 Å². The van der Waals surface area contributed by atoms with Crippen LogP contribution in [0.15, 0.2) is 0 Å². The van der Waals surface area contributed by atoms with E-state index in [1.54, 1.807) is 19.3 Å². The van der Waals surface area contributed by atoms with Crippen molar-refractivity contribution in [2.45, 2.75) is 70.6 Å². The first kappa shape index (κ1) is 14.8.